The van der Waals surface area contributed by atoms with Crippen molar-refractivity contribution in [3.05, 3.63) is 48.2 Å². The number of carbonyl (C=O) groups is 1. The van der Waals surface area contributed by atoms with Crippen molar-refractivity contribution in [2.45, 2.75) is 18.4 Å². The number of aromatic amines is 1. The molecule has 9 nitrogen and oxygen atoms in total. The van der Waals surface area contributed by atoms with Gasteiger partial charge in [0.2, 0.25) is 5.82 Å². The third kappa shape index (κ3) is 2.89. The van der Waals surface area contributed by atoms with E-state index in [0.717, 1.165) is 5.56 Å². The lowest BCUT2D eigenvalue weighted by molar-refractivity contribution is -0.0279. The fourth-order valence-corrected chi connectivity index (χ4v) is 2.98. The Bertz CT molecular complexity index is 837. The number of H-pyrrole nitrogens is 1. The maximum atomic E-state index is 12.7. The summed E-state index contributed by atoms with van der Waals surface area (Å²) in [6.07, 6.45) is 3.73. The lowest BCUT2D eigenvalue weighted by Gasteiger charge is -2.36. The second kappa shape index (κ2) is 6.10. The molecule has 1 saturated heterocycles. The van der Waals surface area contributed by atoms with Gasteiger partial charge in [-0.1, -0.05) is 17.3 Å². The van der Waals surface area contributed by atoms with Gasteiger partial charge in [0.25, 0.3) is 5.91 Å². The lowest BCUT2D eigenvalue weighted by Crippen LogP contribution is -2.45. The molecule has 0 aliphatic carbocycles. The van der Waals surface area contributed by atoms with E-state index in [9.17, 15) is 9.90 Å². The van der Waals surface area contributed by atoms with Crippen molar-refractivity contribution in [2.75, 3.05) is 13.1 Å². The molecule has 3 aromatic rings. The van der Waals surface area contributed by atoms with Crippen molar-refractivity contribution >= 4 is 5.91 Å². The third-order valence-electron chi connectivity index (χ3n) is 4.49. The van der Waals surface area contributed by atoms with E-state index in [4.69, 9.17) is 4.42 Å². The van der Waals surface area contributed by atoms with Gasteiger partial charge in [-0.2, -0.15) is 5.21 Å². The highest BCUT2D eigenvalue weighted by Gasteiger charge is 2.39. The first-order valence-electron chi connectivity index (χ1n) is 7.90. The molecule has 0 radical (unpaired) electrons. The van der Waals surface area contributed by atoms with Gasteiger partial charge in [0.1, 0.15) is 5.60 Å². The quantitative estimate of drug-likeness (QED) is 0.729. The molecule has 0 atom stereocenters. The van der Waals surface area contributed by atoms with Gasteiger partial charge in [-0.25, -0.2) is 4.98 Å². The number of piperidine rings is 1. The number of aromatic nitrogens is 5. The summed E-state index contributed by atoms with van der Waals surface area (Å²) in [6.45, 7) is 0.849. The van der Waals surface area contributed by atoms with E-state index in [-0.39, 0.29) is 11.7 Å². The summed E-state index contributed by atoms with van der Waals surface area (Å²) in [5, 5.41) is 24.2. The van der Waals surface area contributed by atoms with Gasteiger partial charge >= 0.3 is 0 Å². The summed E-state index contributed by atoms with van der Waals surface area (Å²) in [7, 11) is 0. The van der Waals surface area contributed by atoms with Crippen molar-refractivity contribution in [2.24, 2.45) is 0 Å². The van der Waals surface area contributed by atoms with Crippen LogP contribution in [0.2, 0.25) is 0 Å². The number of tetrazole rings is 1. The van der Waals surface area contributed by atoms with Crippen LogP contribution in [0.15, 0.2) is 41.3 Å². The average Bonchev–Trinajstić information content (AvgIpc) is 3.36. The Labute approximate surface area is 142 Å². The molecule has 0 spiro atoms. The maximum absolute atomic E-state index is 12.7. The molecule has 0 bridgehead atoms. The van der Waals surface area contributed by atoms with Crippen LogP contribution in [0.3, 0.4) is 0 Å². The molecule has 3 heterocycles. The summed E-state index contributed by atoms with van der Waals surface area (Å²) in [4.78, 5) is 18.3. The minimum absolute atomic E-state index is 0.0701. The second-order valence-corrected chi connectivity index (χ2v) is 6.00. The Kier molecular flexibility index (Phi) is 3.77. The molecule has 1 aromatic carbocycles. The first-order valence-corrected chi connectivity index (χ1v) is 7.90. The largest absolute Gasteiger partial charge is 0.444 e. The van der Waals surface area contributed by atoms with Gasteiger partial charge in [0, 0.05) is 37.1 Å². The number of hydrogen-bond acceptors (Lipinski definition) is 7. The van der Waals surface area contributed by atoms with Crippen molar-refractivity contribution < 1.29 is 14.3 Å². The fourth-order valence-electron chi connectivity index (χ4n) is 2.98. The van der Waals surface area contributed by atoms with Crippen LogP contribution in [0.1, 0.15) is 29.0 Å². The van der Waals surface area contributed by atoms with Crippen LogP contribution in [0.5, 0.6) is 0 Å². The van der Waals surface area contributed by atoms with Crippen LogP contribution >= 0.6 is 0 Å². The molecule has 2 N–H and O–H groups in total. The number of nitrogens with one attached hydrogen (secondary N) is 1. The van der Waals surface area contributed by atoms with Crippen molar-refractivity contribution in [1.82, 2.24) is 30.5 Å². The monoisotopic (exact) mass is 340 g/mol. The molecule has 128 valence electrons. The summed E-state index contributed by atoms with van der Waals surface area (Å²) in [6, 6.07) is 7.18. The molecule has 1 fully saturated rings. The first-order chi connectivity index (χ1) is 12.2. The molecule has 9 heteroatoms. The standard InChI is InChI=1S/C16H16N6O3/c23-14(12-3-1-11(2-4-12)13-9-17-10-25-13)22-7-5-16(24,6-8-22)15-18-20-21-19-15/h1-4,9-10,24H,5-8H2,(H,18,19,20,21). The fraction of sp³-hybridized carbons (Fsp3) is 0.312. The maximum Gasteiger partial charge on any atom is 0.253 e. The van der Waals surface area contributed by atoms with Crippen LogP contribution < -0.4 is 0 Å². The molecule has 4 rings (SSSR count). The number of aliphatic hydroxyl groups is 1. The van der Waals surface area contributed by atoms with Crippen molar-refractivity contribution in [1.29, 1.82) is 0 Å². The van der Waals surface area contributed by atoms with E-state index >= 15 is 0 Å². The summed E-state index contributed by atoms with van der Waals surface area (Å²) in [5.74, 6) is 0.859. The van der Waals surface area contributed by atoms with E-state index in [1.165, 1.54) is 6.39 Å². The summed E-state index contributed by atoms with van der Waals surface area (Å²) in [5.41, 5.74) is 0.312. The molecule has 0 unspecified atom stereocenters. The minimum atomic E-state index is -1.14. The summed E-state index contributed by atoms with van der Waals surface area (Å²) >= 11 is 0. The zero-order valence-electron chi connectivity index (χ0n) is 13.3. The Morgan fingerprint density at radius 3 is 2.60 bits per heavy atom. The Morgan fingerprint density at radius 1 is 1.24 bits per heavy atom. The Balaban J connectivity index is 1.44. The lowest BCUT2D eigenvalue weighted by atomic mass is 9.90. The molecule has 2 aromatic heterocycles. The number of rotatable bonds is 3. The Hall–Kier alpha value is -3.07. The normalized spacial score (nSPS) is 16.8. The molecular weight excluding hydrogens is 324 g/mol. The molecule has 1 aliphatic heterocycles. The number of nitrogens with zero attached hydrogens (tertiary/aromatic N) is 5. The van der Waals surface area contributed by atoms with E-state index in [0.29, 0.717) is 37.3 Å². The van der Waals surface area contributed by atoms with Crippen LogP contribution in [0.4, 0.5) is 0 Å². The number of oxazole rings is 1. The van der Waals surface area contributed by atoms with Gasteiger partial charge in [0.05, 0.1) is 6.20 Å². The number of hydrogen-bond donors (Lipinski definition) is 2. The summed E-state index contributed by atoms with van der Waals surface area (Å²) < 4.78 is 5.24. The second-order valence-electron chi connectivity index (χ2n) is 6.00. The SMILES string of the molecule is O=C(c1ccc(-c2cnco2)cc1)N1CCC(O)(c2nn[nH]n2)CC1. The Morgan fingerprint density at radius 2 is 2.00 bits per heavy atom. The van der Waals surface area contributed by atoms with Gasteiger partial charge in [-0.15, -0.1) is 10.2 Å². The zero-order chi connectivity index (χ0) is 17.3. The topological polar surface area (TPSA) is 121 Å². The predicted molar refractivity (Wildman–Crippen MR) is 85.2 cm³/mol. The van der Waals surface area contributed by atoms with Gasteiger partial charge < -0.3 is 14.4 Å². The molecule has 25 heavy (non-hydrogen) atoms. The van der Waals surface area contributed by atoms with E-state index in [1.54, 1.807) is 23.2 Å². The van der Waals surface area contributed by atoms with Gasteiger partial charge in [-0.3, -0.25) is 4.79 Å². The van der Waals surface area contributed by atoms with Crippen LogP contribution in [0, 0.1) is 0 Å². The van der Waals surface area contributed by atoms with Crippen molar-refractivity contribution in [3.63, 3.8) is 0 Å². The number of benzene rings is 1. The molecular formula is C16H16N6O3. The highest BCUT2D eigenvalue weighted by molar-refractivity contribution is 5.94. The van der Waals surface area contributed by atoms with E-state index in [1.807, 2.05) is 12.1 Å². The number of carbonyl (C=O) groups excluding carboxylic acids is 1. The third-order valence-corrected chi connectivity index (χ3v) is 4.49. The van der Waals surface area contributed by atoms with Gasteiger partial charge in [-0.05, 0) is 12.1 Å². The minimum Gasteiger partial charge on any atom is -0.444 e. The predicted octanol–water partition coefficient (Wildman–Crippen LogP) is 0.978. The molecule has 1 amide bonds. The van der Waals surface area contributed by atoms with E-state index < -0.39 is 5.60 Å². The average molecular weight is 340 g/mol. The van der Waals surface area contributed by atoms with Crippen LogP contribution in [-0.2, 0) is 5.60 Å². The number of likely N-dealkylation sites (tertiary alicyclic amines) is 1. The van der Waals surface area contributed by atoms with E-state index in [2.05, 4.69) is 25.6 Å². The molecule has 1 aliphatic rings. The number of amides is 1. The van der Waals surface area contributed by atoms with Crippen LogP contribution in [0.25, 0.3) is 11.3 Å². The highest BCUT2D eigenvalue weighted by Crippen LogP contribution is 2.30. The van der Waals surface area contributed by atoms with Crippen molar-refractivity contribution in [3.8, 4) is 11.3 Å². The highest BCUT2D eigenvalue weighted by atomic mass is 16.3. The smallest absolute Gasteiger partial charge is 0.253 e. The first kappa shape index (κ1) is 15.5. The molecule has 0 saturated carbocycles. The van der Waals surface area contributed by atoms with Gasteiger partial charge in [0.15, 0.2) is 12.2 Å². The zero-order valence-corrected chi connectivity index (χ0v) is 13.3. The van der Waals surface area contributed by atoms with Crippen LogP contribution in [-0.4, -0.2) is 54.6 Å².